The van der Waals surface area contributed by atoms with Crippen LogP contribution in [-0.2, 0) is 14.8 Å². The number of aromatic nitrogens is 2. The summed E-state index contributed by atoms with van der Waals surface area (Å²) >= 11 is 0. The molecule has 0 radical (unpaired) electrons. The smallest absolute Gasteiger partial charge is 0.263 e. The summed E-state index contributed by atoms with van der Waals surface area (Å²) < 4.78 is 29.3. The van der Waals surface area contributed by atoms with Gasteiger partial charge in [0, 0.05) is 18.0 Å². The Morgan fingerprint density at radius 2 is 1.71 bits per heavy atom. The van der Waals surface area contributed by atoms with Gasteiger partial charge in [-0.1, -0.05) is 18.2 Å². The predicted octanol–water partition coefficient (Wildman–Crippen LogP) is 0.102. The lowest BCUT2D eigenvalue weighted by Crippen LogP contribution is -2.70. The van der Waals surface area contributed by atoms with Crippen molar-refractivity contribution >= 4 is 27.4 Å². The number of anilines is 2. The van der Waals surface area contributed by atoms with Gasteiger partial charge in [-0.25, -0.2) is 13.1 Å². The third-order valence-electron chi connectivity index (χ3n) is 4.97. The van der Waals surface area contributed by atoms with Crippen molar-refractivity contribution in [2.45, 2.75) is 23.1 Å². The van der Waals surface area contributed by atoms with Gasteiger partial charge in [-0.3, -0.25) is 9.52 Å². The lowest BCUT2D eigenvalue weighted by atomic mass is 9.92. The molecule has 1 fully saturated rings. The molecule has 1 aromatic heterocycles. The van der Waals surface area contributed by atoms with Gasteiger partial charge in [-0.15, -0.1) is 5.10 Å². The fourth-order valence-corrected chi connectivity index (χ4v) is 4.37. The van der Waals surface area contributed by atoms with Gasteiger partial charge in [0.1, 0.15) is 12.1 Å². The third-order valence-corrected chi connectivity index (χ3v) is 6.34. The maximum absolute atomic E-state index is 12.7. The van der Waals surface area contributed by atoms with E-state index in [1.807, 2.05) is 30.3 Å². The number of benzene rings is 2. The number of amides is 1. The molecule has 4 rings (SSSR count). The van der Waals surface area contributed by atoms with E-state index in [2.05, 4.69) is 9.82 Å². The van der Waals surface area contributed by atoms with Crippen molar-refractivity contribution in [3.05, 3.63) is 66.9 Å². The van der Waals surface area contributed by atoms with Gasteiger partial charge in [0.25, 0.3) is 15.9 Å². The molecule has 3 aromatic rings. The van der Waals surface area contributed by atoms with E-state index in [4.69, 9.17) is 5.11 Å². The van der Waals surface area contributed by atoms with Crippen LogP contribution < -0.4 is 9.62 Å². The minimum absolute atomic E-state index is 0.0571. The number of aliphatic hydroxyl groups is 3. The molecule has 1 amide bonds. The number of para-hydroxylation sites is 1. The molecule has 0 spiro atoms. The van der Waals surface area contributed by atoms with Crippen LogP contribution in [0.25, 0.3) is 5.69 Å². The van der Waals surface area contributed by atoms with Gasteiger partial charge in [0.05, 0.1) is 17.2 Å². The summed E-state index contributed by atoms with van der Waals surface area (Å²) in [5.41, 5.74) is 1.07. The minimum Gasteiger partial charge on any atom is -0.394 e. The molecule has 0 bridgehead atoms. The summed E-state index contributed by atoms with van der Waals surface area (Å²) in [5.74, 6) is -0.502. The van der Waals surface area contributed by atoms with E-state index < -0.39 is 40.8 Å². The lowest BCUT2D eigenvalue weighted by molar-refractivity contribution is -0.142. The number of hydrogen-bond donors (Lipinski definition) is 4. The third kappa shape index (κ3) is 3.91. The normalized spacial score (nSPS) is 19.7. The Labute approximate surface area is 178 Å². The number of sulfonamides is 1. The van der Waals surface area contributed by atoms with E-state index in [1.165, 1.54) is 35.0 Å². The Kier molecular flexibility index (Phi) is 5.50. The summed E-state index contributed by atoms with van der Waals surface area (Å²) in [7, 11) is -3.94. The summed E-state index contributed by atoms with van der Waals surface area (Å²) in [6.07, 6.45) is -1.12. The maximum atomic E-state index is 12.7. The monoisotopic (exact) mass is 444 g/mol. The van der Waals surface area contributed by atoms with Gasteiger partial charge in [-0.2, -0.15) is 0 Å². The minimum atomic E-state index is -3.94. The van der Waals surface area contributed by atoms with Crippen LogP contribution in [0, 0.1) is 0 Å². The Hall–Kier alpha value is -3.25. The van der Waals surface area contributed by atoms with E-state index in [9.17, 15) is 23.4 Å². The zero-order chi connectivity index (χ0) is 22.2. The fourth-order valence-electron chi connectivity index (χ4n) is 3.37. The Morgan fingerprint density at radius 3 is 2.35 bits per heavy atom. The number of hydrogen-bond acceptors (Lipinski definition) is 7. The number of rotatable bonds is 7. The van der Waals surface area contributed by atoms with Crippen LogP contribution in [0.1, 0.15) is 0 Å². The van der Waals surface area contributed by atoms with Crippen LogP contribution in [0.5, 0.6) is 0 Å². The van der Waals surface area contributed by atoms with Crippen molar-refractivity contribution in [2.24, 2.45) is 0 Å². The zero-order valence-electron chi connectivity index (χ0n) is 16.1. The van der Waals surface area contributed by atoms with Crippen LogP contribution in [0.2, 0.25) is 0 Å². The van der Waals surface area contributed by atoms with Crippen molar-refractivity contribution in [2.75, 3.05) is 16.2 Å². The van der Waals surface area contributed by atoms with Crippen molar-refractivity contribution in [3.63, 3.8) is 0 Å². The van der Waals surface area contributed by atoms with Crippen molar-refractivity contribution in [1.82, 2.24) is 9.78 Å². The highest BCUT2D eigenvalue weighted by Gasteiger charge is 2.50. The number of aliphatic hydroxyl groups excluding tert-OH is 3. The summed E-state index contributed by atoms with van der Waals surface area (Å²) in [5, 5.41) is 32.9. The molecule has 31 heavy (non-hydrogen) atoms. The molecule has 0 aliphatic carbocycles. The molecular formula is C20H20N4O6S. The van der Waals surface area contributed by atoms with Gasteiger partial charge in [-0.05, 0) is 36.4 Å². The van der Waals surface area contributed by atoms with E-state index in [1.54, 1.807) is 6.20 Å². The molecule has 2 aromatic carbocycles. The van der Waals surface area contributed by atoms with Gasteiger partial charge >= 0.3 is 0 Å². The second-order valence-corrected chi connectivity index (χ2v) is 8.66. The maximum Gasteiger partial charge on any atom is 0.263 e. The molecule has 1 aliphatic heterocycles. The molecular weight excluding hydrogens is 424 g/mol. The van der Waals surface area contributed by atoms with Gasteiger partial charge < -0.3 is 20.2 Å². The summed E-state index contributed by atoms with van der Waals surface area (Å²) in [6, 6.07) is 15.1. The molecule has 0 saturated carbocycles. The molecule has 2 heterocycles. The highest BCUT2D eigenvalue weighted by Crippen LogP contribution is 2.31. The SMILES string of the molecule is O=C1[C@@H](O)[C@@H]([C@H](O)CO)N1c1ccc(S(=O)(=O)Nc2ccn(-c3ccccc3)n2)cc1. The molecule has 162 valence electrons. The van der Waals surface area contributed by atoms with E-state index in [-0.39, 0.29) is 10.7 Å². The largest absolute Gasteiger partial charge is 0.394 e. The zero-order valence-corrected chi connectivity index (χ0v) is 16.9. The average Bonchev–Trinajstić information content (AvgIpc) is 3.24. The number of nitrogens with zero attached hydrogens (tertiary/aromatic N) is 3. The van der Waals surface area contributed by atoms with E-state index >= 15 is 0 Å². The van der Waals surface area contributed by atoms with Crippen molar-refractivity contribution in [3.8, 4) is 5.69 Å². The highest BCUT2D eigenvalue weighted by molar-refractivity contribution is 7.92. The second kappa shape index (κ2) is 8.12. The van der Waals surface area contributed by atoms with E-state index in [0.29, 0.717) is 5.69 Å². The Balaban J connectivity index is 1.51. The fraction of sp³-hybridized carbons (Fsp3) is 0.200. The first-order chi connectivity index (χ1) is 14.8. The number of β-lactam (4-membered cyclic amide) rings is 1. The molecule has 10 nitrogen and oxygen atoms in total. The van der Waals surface area contributed by atoms with Crippen LogP contribution in [0.3, 0.4) is 0 Å². The first kappa shape index (κ1) is 21.0. The number of nitrogens with one attached hydrogen (secondary N) is 1. The first-order valence-corrected chi connectivity index (χ1v) is 10.8. The van der Waals surface area contributed by atoms with Crippen molar-refractivity contribution in [1.29, 1.82) is 0 Å². The lowest BCUT2D eigenvalue weighted by Gasteiger charge is -2.46. The predicted molar refractivity (Wildman–Crippen MR) is 111 cm³/mol. The quantitative estimate of drug-likeness (QED) is 0.378. The molecule has 1 aliphatic rings. The standard InChI is InChI=1S/C20H20N4O6S/c25-12-16(26)18-19(27)20(28)24(18)14-6-8-15(9-7-14)31(29,30)22-17-10-11-23(21-17)13-4-2-1-3-5-13/h1-11,16,18-19,25-27H,12H2,(H,21,22)/t16-,18-,19+/m1/s1. The van der Waals surface area contributed by atoms with Crippen LogP contribution in [0.15, 0.2) is 71.8 Å². The first-order valence-electron chi connectivity index (χ1n) is 9.36. The van der Waals surface area contributed by atoms with Gasteiger partial charge in [0.15, 0.2) is 11.9 Å². The summed E-state index contributed by atoms with van der Waals surface area (Å²) in [6.45, 7) is -0.627. The average molecular weight is 444 g/mol. The molecule has 0 unspecified atom stereocenters. The molecule has 1 saturated heterocycles. The molecule has 3 atom stereocenters. The molecule has 11 heteroatoms. The highest BCUT2D eigenvalue weighted by atomic mass is 32.2. The van der Waals surface area contributed by atoms with Crippen molar-refractivity contribution < 1.29 is 28.5 Å². The second-order valence-electron chi connectivity index (χ2n) is 6.97. The van der Waals surface area contributed by atoms with Gasteiger partial charge in [0.2, 0.25) is 0 Å². The van der Waals surface area contributed by atoms with E-state index in [0.717, 1.165) is 10.6 Å². The Morgan fingerprint density at radius 1 is 1.03 bits per heavy atom. The Bertz CT molecular complexity index is 1180. The topological polar surface area (TPSA) is 145 Å². The number of carbonyl (C=O) groups is 1. The summed E-state index contributed by atoms with van der Waals surface area (Å²) in [4.78, 5) is 13.0. The van der Waals surface area contributed by atoms with Crippen LogP contribution in [0.4, 0.5) is 11.5 Å². The number of carbonyl (C=O) groups excluding carboxylic acids is 1. The van der Waals surface area contributed by atoms with Crippen LogP contribution in [-0.4, -0.2) is 64.3 Å². The van der Waals surface area contributed by atoms with Crippen LogP contribution >= 0.6 is 0 Å². The molecule has 4 N–H and O–H groups in total.